The average molecular weight is 221 g/mol. The van der Waals surface area contributed by atoms with E-state index >= 15 is 0 Å². The molecule has 2 aromatic heterocycles. The zero-order valence-electron chi connectivity index (χ0n) is 9.22. The second-order valence-corrected chi connectivity index (χ2v) is 3.19. The second kappa shape index (κ2) is 3.80. The summed E-state index contributed by atoms with van der Waals surface area (Å²) in [5, 5.41) is 7.83. The molecule has 0 saturated heterocycles. The maximum atomic E-state index is 11.5. The molecule has 2 heterocycles. The first kappa shape index (κ1) is 10.4. The lowest BCUT2D eigenvalue weighted by molar-refractivity contribution is 0.0602. The Bertz CT molecular complexity index is 547. The van der Waals surface area contributed by atoms with Gasteiger partial charge in [0, 0.05) is 0 Å². The zero-order chi connectivity index (χ0) is 11.7. The van der Waals surface area contributed by atoms with Crippen molar-refractivity contribution in [3.8, 4) is 5.88 Å². The third-order valence-electron chi connectivity index (χ3n) is 2.29. The van der Waals surface area contributed by atoms with Crippen LogP contribution in [0.25, 0.3) is 5.65 Å². The molecule has 0 amide bonds. The quantitative estimate of drug-likeness (QED) is 0.703. The number of fused-ring (bicyclic) bond motifs is 1. The van der Waals surface area contributed by atoms with Crippen molar-refractivity contribution in [3.63, 3.8) is 0 Å². The summed E-state index contributed by atoms with van der Waals surface area (Å²) < 4.78 is 11.5. The van der Waals surface area contributed by atoms with E-state index in [1.807, 2.05) is 0 Å². The molecule has 0 unspecified atom stereocenters. The van der Waals surface area contributed by atoms with Crippen LogP contribution in [0.3, 0.4) is 0 Å². The molecule has 84 valence electrons. The highest BCUT2D eigenvalue weighted by atomic mass is 16.5. The van der Waals surface area contributed by atoms with Gasteiger partial charge in [0.2, 0.25) is 5.88 Å². The molecule has 0 N–H and O–H groups in total. The van der Waals surface area contributed by atoms with Gasteiger partial charge in [-0.05, 0) is 19.1 Å². The minimum absolute atomic E-state index is 0.365. The van der Waals surface area contributed by atoms with Crippen LogP contribution in [0.2, 0.25) is 0 Å². The summed E-state index contributed by atoms with van der Waals surface area (Å²) in [6.45, 7) is 1.78. The van der Waals surface area contributed by atoms with E-state index in [0.29, 0.717) is 22.9 Å². The van der Waals surface area contributed by atoms with Crippen molar-refractivity contribution in [3.05, 3.63) is 23.5 Å². The molecule has 6 nitrogen and oxygen atoms in total. The number of pyridine rings is 1. The summed E-state index contributed by atoms with van der Waals surface area (Å²) >= 11 is 0. The third kappa shape index (κ3) is 1.39. The van der Waals surface area contributed by atoms with Crippen molar-refractivity contribution in [1.82, 2.24) is 14.6 Å². The predicted molar refractivity (Wildman–Crippen MR) is 55.6 cm³/mol. The molecule has 2 aromatic rings. The van der Waals surface area contributed by atoms with Crippen molar-refractivity contribution in [2.45, 2.75) is 6.92 Å². The van der Waals surface area contributed by atoms with Gasteiger partial charge in [-0.2, -0.15) is 0 Å². The van der Waals surface area contributed by atoms with Crippen molar-refractivity contribution < 1.29 is 14.3 Å². The molecule has 0 bridgehead atoms. The Morgan fingerprint density at radius 2 is 2.06 bits per heavy atom. The largest absolute Gasteiger partial charge is 0.482 e. The lowest BCUT2D eigenvalue weighted by Crippen LogP contribution is -2.06. The predicted octanol–water partition coefficient (Wildman–Crippen LogP) is 0.833. The lowest BCUT2D eigenvalue weighted by atomic mass is 10.2. The molecule has 0 spiro atoms. The number of methoxy groups -OCH3 is 2. The van der Waals surface area contributed by atoms with Crippen LogP contribution in [0.15, 0.2) is 12.1 Å². The summed E-state index contributed by atoms with van der Waals surface area (Å²) in [4.78, 5) is 11.5. The van der Waals surface area contributed by atoms with E-state index in [-0.39, 0.29) is 0 Å². The number of hydrogen-bond acceptors (Lipinski definition) is 5. The van der Waals surface area contributed by atoms with Crippen molar-refractivity contribution in [2.24, 2.45) is 0 Å². The van der Waals surface area contributed by atoms with Crippen LogP contribution < -0.4 is 4.74 Å². The molecule has 0 atom stereocenters. The Labute approximate surface area is 91.8 Å². The van der Waals surface area contributed by atoms with Crippen LogP contribution in [-0.4, -0.2) is 34.8 Å². The van der Waals surface area contributed by atoms with Crippen molar-refractivity contribution >= 4 is 11.6 Å². The van der Waals surface area contributed by atoms with Crippen LogP contribution in [0.5, 0.6) is 5.88 Å². The van der Waals surface area contributed by atoms with E-state index in [2.05, 4.69) is 14.9 Å². The maximum Gasteiger partial charge on any atom is 0.341 e. The Kier molecular flexibility index (Phi) is 2.47. The van der Waals surface area contributed by atoms with E-state index in [4.69, 9.17) is 4.74 Å². The Morgan fingerprint density at radius 1 is 1.31 bits per heavy atom. The van der Waals surface area contributed by atoms with E-state index in [0.717, 1.165) is 0 Å². The fraction of sp³-hybridized carbons (Fsp3) is 0.300. The van der Waals surface area contributed by atoms with Gasteiger partial charge >= 0.3 is 5.97 Å². The monoisotopic (exact) mass is 221 g/mol. The van der Waals surface area contributed by atoms with Crippen molar-refractivity contribution in [1.29, 1.82) is 0 Å². The molecule has 0 fully saturated rings. The minimum atomic E-state index is -0.444. The summed E-state index contributed by atoms with van der Waals surface area (Å²) in [7, 11) is 2.87. The number of aryl methyl sites for hydroxylation is 1. The van der Waals surface area contributed by atoms with Gasteiger partial charge in [-0.1, -0.05) is 0 Å². The molecule has 2 rings (SSSR count). The highest BCUT2D eigenvalue weighted by molar-refractivity contribution is 5.95. The minimum Gasteiger partial charge on any atom is -0.482 e. The van der Waals surface area contributed by atoms with Gasteiger partial charge in [-0.3, -0.25) is 0 Å². The molecule has 0 aliphatic heterocycles. The SMILES string of the molecule is COC(=O)c1ccc(OC)n2c(C)nnc12. The third-order valence-corrected chi connectivity index (χ3v) is 2.29. The molecular formula is C10H11N3O3. The molecule has 0 aliphatic rings. The van der Waals surface area contributed by atoms with E-state index in [9.17, 15) is 4.79 Å². The van der Waals surface area contributed by atoms with Gasteiger partial charge in [-0.15, -0.1) is 10.2 Å². The number of carbonyl (C=O) groups excluding carboxylic acids is 1. The second-order valence-electron chi connectivity index (χ2n) is 3.19. The molecule has 0 aromatic carbocycles. The highest BCUT2D eigenvalue weighted by Gasteiger charge is 2.16. The number of ether oxygens (including phenoxy) is 2. The molecule has 0 radical (unpaired) electrons. The maximum absolute atomic E-state index is 11.5. The van der Waals surface area contributed by atoms with E-state index in [1.54, 1.807) is 30.6 Å². The Balaban J connectivity index is 2.76. The fourth-order valence-corrected chi connectivity index (χ4v) is 1.53. The Morgan fingerprint density at radius 3 is 2.69 bits per heavy atom. The van der Waals surface area contributed by atoms with Gasteiger partial charge in [0.25, 0.3) is 0 Å². The van der Waals surface area contributed by atoms with Crippen LogP contribution in [0.1, 0.15) is 16.2 Å². The summed E-state index contributed by atoms with van der Waals surface area (Å²) in [5.41, 5.74) is 0.799. The number of nitrogens with zero attached hydrogens (tertiary/aromatic N) is 3. The van der Waals surface area contributed by atoms with Crippen molar-refractivity contribution in [2.75, 3.05) is 14.2 Å². The summed E-state index contributed by atoms with van der Waals surface area (Å²) in [5.74, 6) is 0.780. The van der Waals surface area contributed by atoms with E-state index in [1.165, 1.54) is 7.11 Å². The molecule has 16 heavy (non-hydrogen) atoms. The van der Waals surface area contributed by atoms with Gasteiger partial charge < -0.3 is 9.47 Å². The summed E-state index contributed by atoms with van der Waals surface area (Å²) in [6, 6.07) is 3.28. The van der Waals surface area contributed by atoms with Gasteiger partial charge in [-0.25, -0.2) is 9.20 Å². The van der Waals surface area contributed by atoms with Gasteiger partial charge in [0.1, 0.15) is 11.4 Å². The number of rotatable bonds is 2. The Hall–Kier alpha value is -2.11. The number of aromatic nitrogens is 3. The van der Waals surface area contributed by atoms with Gasteiger partial charge in [0.15, 0.2) is 5.65 Å². The molecule has 0 saturated carbocycles. The highest BCUT2D eigenvalue weighted by Crippen LogP contribution is 2.19. The van der Waals surface area contributed by atoms with E-state index < -0.39 is 5.97 Å². The van der Waals surface area contributed by atoms with Crippen LogP contribution in [0, 0.1) is 6.92 Å². The van der Waals surface area contributed by atoms with Gasteiger partial charge in [0.05, 0.1) is 14.2 Å². The number of carbonyl (C=O) groups is 1. The number of hydrogen-bond donors (Lipinski definition) is 0. The van der Waals surface area contributed by atoms with Crippen LogP contribution in [0.4, 0.5) is 0 Å². The molecule has 6 heteroatoms. The smallest absolute Gasteiger partial charge is 0.341 e. The first-order valence-electron chi connectivity index (χ1n) is 4.66. The molecule has 0 aliphatic carbocycles. The number of esters is 1. The lowest BCUT2D eigenvalue weighted by Gasteiger charge is -2.06. The first-order chi connectivity index (χ1) is 7.69. The normalized spacial score (nSPS) is 10.4. The topological polar surface area (TPSA) is 65.7 Å². The van der Waals surface area contributed by atoms with Crippen LogP contribution in [-0.2, 0) is 4.74 Å². The van der Waals surface area contributed by atoms with Crippen LogP contribution >= 0.6 is 0 Å². The molecular weight excluding hydrogens is 210 g/mol. The standard InChI is InChI=1S/C10H11N3O3/c1-6-11-12-9-7(10(14)16-3)4-5-8(15-2)13(6)9/h4-5H,1-3H3. The summed E-state index contributed by atoms with van der Waals surface area (Å²) in [6.07, 6.45) is 0. The first-order valence-corrected chi connectivity index (χ1v) is 4.66. The average Bonchev–Trinajstić information content (AvgIpc) is 2.70. The fourth-order valence-electron chi connectivity index (χ4n) is 1.53. The zero-order valence-corrected chi connectivity index (χ0v) is 9.22.